The summed E-state index contributed by atoms with van der Waals surface area (Å²) in [5.41, 5.74) is 1.79. The molecule has 1 aromatic carbocycles. The van der Waals surface area contributed by atoms with Crippen LogP contribution in [0.5, 0.6) is 5.75 Å². The Bertz CT molecular complexity index is 205. The van der Waals surface area contributed by atoms with Gasteiger partial charge in [-0.05, 0) is 17.7 Å². The van der Waals surface area contributed by atoms with E-state index in [-0.39, 0.29) is 6.61 Å². The third-order valence-corrected chi connectivity index (χ3v) is 1.67. The van der Waals surface area contributed by atoms with Crippen molar-refractivity contribution in [3.63, 3.8) is 0 Å². The fraction of sp³-hybridized carbons (Fsp3) is 0.333. The molecule has 0 amide bonds. The van der Waals surface area contributed by atoms with E-state index in [4.69, 9.17) is 9.84 Å². The van der Waals surface area contributed by atoms with Crippen molar-refractivity contribution < 1.29 is 9.84 Å². The van der Waals surface area contributed by atoms with Crippen molar-refractivity contribution in [1.29, 1.82) is 0 Å². The second-order valence-corrected chi connectivity index (χ2v) is 2.48. The SMILES string of the molecule is CNc1cc(CO)cc(OC)c1. The smallest absolute Gasteiger partial charge is 0.121 e. The molecule has 3 heteroatoms. The van der Waals surface area contributed by atoms with Crippen molar-refractivity contribution in [2.24, 2.45) is 0 Å². The Morgan fingerprint density at radius 3 is 2.67 bits per heavy atom. The van der Waals surface area contributed by atoms with Crippen molar-refractivity contribution in [2.45, 2.75) is 6.61 Å². The molecule has 0 fully saturated rings. The summed E-state index contributed by atoms with van der Waals surface area (Å²) >= 11 is 0. The van der Waals surface area contributed by atoms with E-state index in [2.05, 4.69) is 5.32 Å². The lowest BCUT2D eigenvalue weighted by molar-refractivity contribution is 0.281. The minimum absolute atomic E-state index is 0.0336. The molecule has 0 heterocycles. The van der Waals surface area contributed by atoms with E-state index in [0.29, 0.717) is 0 Å². The van der Waals surface area contributed by atoms with Gasteiger partial charge in [0.15, 0.2) is 0 Å². The largest absolute Gasteiger partial charge is 0.497 e. The molecule has 12 heavy (non-hydrogen) atoms. The van der Waals surface area contributed by atoms with Gasteiger partial charge in [-0.15, -0.1) is 0 Å². The van der Waals surface area contributed by atoms with Crippen molar-refractivity contribution >= 4 is 5.69 Å². The molecule has 1 aromatic rings. The number of aliphatic hydroxyl groups is 1. The van der Waals surface area contributed by atoms with E-state index in [9.17, 15) is 0 Å². The maximum absolute atomic E-state index is 8.89. The van der Waals surface area contributed by atoms with E-state index in [0.717, 1.165) is 17.0 Å². The van der Waals surface area contributed by atoms with Gasteiger partial charge in [-0.2, -0.15) is 0 Å². The Balaban J connectivity index is 3.01. The Kier molecular flexibility index (Phi) is 2.94. The maximum atomic E-state index is 8.89. The van der Waals surface area contributed by atoms with Crippen LogP contribution in [-0.2, 0) is 6.61 Å². The van der Waals surface area contributed by atoms with E-state index in [1.54, 1.807) is 13.2 Å². The summed E-state index contributed by atoms with van der Waals surface area (Å²) in [7, 11) is 3.44. The Morgan fingerprint density at radius 1 is 1.42 bits per heavy atom. The summed E-state index contributed by atoms with van der Waals surface area (Å²) < 4.78 is 5.05. The van der Waals surface area contributed by atoms with E-state index >= 15 is 0 Å². The number of anilines is 1. The number of methoxy groups -OCH3 is 1. The highest BCUT2D eigenvalue weighted by Gasteiger charge is 1.98. The van der Waals surface area contributed by atoms with Gasteiger partial charge in [0.1, 0.15) is 5.75 Å². The van der Waals surface area contributed by atoms with Crippen molar-refractivity contribution in [3.05, 3.63) is 23.8 Å². The quantitative estimate of drug-likeness (QED) is 0.711. The van der Waals surface area contributed by atoms with Gasteiger partial charge >= 0.3 is 0 Å². The van der Waals surface area contributed by atoms with Gasteiger partial charge in [0.2, 0.25) is 0 Å². The fourth-order valence-electron chi connectivity index (χ4n) is 1.01. The van der Waals surface area contributed by atoms with Crippen LogP contribution in [-0.4, -0.2) is 19.3 Å². The molecular formula is C9H13NO2. The average Bonchev–Trinajstić information content (AvgIpc) is 2.16. The molecule has 0 aliphatic rings. The van der Waals surface area contributed by atoms with Crippen LogP contribution >= 0.6 is 0 Å². The Hall–Kier alpha value is -1.22. The fourth-order valence-corrected chi connectivity index (χ4v) is 1.01. The molecule has 0 aliphatic heterocycles. The van der Waals surface area contributed by atoms with E-state index < -0.39 is 0 Å². The van der Waals surface area contributed by atoms with Gasteiger partial charge in [0.05, 0.1) is 13.7 Å². The van der Waals surface area contributed by atoms with Gasteiger partial charge in [-0.1, -0.05) is 0 Å². The van der Waals surface area contributed by atoms with Crippen LogP contribution < -0.4 is 10.1 Å². The molecule has 0 unspecified atom stereocenters. The van der Waals surface area contributed by atoms with Crippen LogP contribution in [0.1, 0.15) is 5.56 Å². The highest BCUT2D eigenvalue weighted by molar-refractivity contribution is 5.50. The van der Waals surface area contributed by atoms with Gasteiger partial charge in [-0.3, -0.25) is 0 Å². The maximum Gasteiger partial charge on any atom is 0.121 e. The third-order valence-electron chi connectivity index (χ3n) is 1.67. The molecule has 0 radical (unpaired) electrons. The van der Waals surface area contributed by atoms with Gasteiger partial charge in [-0.25, -0.2) is 0 Å². The number of aliphatic hydroxyl groups excluding tert-OH is 1. The number of nitrogens with one attached hydrogen (secondary N) is 1. The second kappa shape index (κ2) is 3.97. The molecule has 3 nitrogen and oxygen atoms in total. The van der Waals surface area contributed by atoms with Crippen LogP contribution in [0.3, 0.4) is 0 Å². The van der Waals surface area contributed by atoms with E-state index in [1.807, 2.05) is 19.2 Å². The van der Waals surface area contributed by atoms with Gasteiger partial charge < -0.3 is 15.2 Å². The predicted molar refractivity (Wildman–Crippen MR) is 48.5 cm³/mol. The normalized spacial score (nSPS) is 9.58. The molecular weight excluding hydrogens is 154 g/mol. The van der Waals surface area contributed by atoms with Gasteiger partial charge in [0.25, 0.3) is 0 Å². The molecule has 0 saturated carbocycles. The summed E-state index contributed by atoms with van der Waals surface area (Å²) in [6, 6.07) is 5.56. The average molecular weight is 167 g/mol. The first-order valence-corrected chi connectivity index (χ1v) is 3.76. The summed E-state index contributed by atoms with van der Waals surface area (Å²) in [5, 5.41) is 11.9. The molecule has 0 spiro atoms. The zero-order chi connectivity index (χ0) is 8.97. The molecule has 0 bridgehead atoms. The molecule has 1 rings (SSSR count). The first-order valence-electron chi connectivity index (χ1n) is 3.76. The highest BCUT2D eigenvalue weighted by Crippen LogP contribution is 2.20. The number of hydrogen-bond donors (Lipinski definition) is 2. The van der Waals surface area contributed by atoms with Crippen molar-refractivity contribution in [3.8, 4) is 5.75 Å². The van der Waals surface area contributed by atoms with Crippen LogP contribution in [0.4, 0.5) is 5.69 Å². The minimum Gasteiger partial charge on any atom is -0.497 e. The summed E-state index contributed by atoms with van der Waals surface area (Å²) in [6.45, 7) is 0.0336. The number of hydrogen-bond acceptors (Lipinski definition) is 3. The van der Waals surface area contributed by atoms with Gasteiger partial charge in [0, 0.05) is 18.8 Å². The first-order chi connectivity index (χ1) is 5.80. The van der Waals surface area contributed by atoms with Crippen LogP contribution in [0.25, 0.3) is 0 Å². The third kappa shape index (κ3) is 1.89. The highest BCUT2D eigenvalue weighted by atomic mass is 16.5. The Morgan fingerprint density at radius 2 is 2.17 bits per heavy atom. The monoisotopic (exact) mass is 167 g/mol. The number of benzene rings is 1. The standard InChI is InChI=1S/C9H13NO2/c1-10-8-3-7(6-11)4-9(5-8)12-2/h3-5,10-11H,6H2,1-2H3. The summed E-state index contributed by atoms with van der Waals surface area (Å²) in [5.74, 6) is 0.755. The molecule has 0 saturated heterocycles. The lowest BCUT2D eigenvalue weighted by Crippen LogP contribution is -1.93. The molecule has 0 aliphatic carbocycles. The summed E-state index contributed by atoms with van der Waals surface area (Å²) in [6.07, 6.45) is 0. The van der Waals surface area contributed by atoms with Crippen molar-refractivity contribution in [2.75, 3.05) is 19.5 Å². The topological polar surface area (TPSA) is 41.5 Å². The molecule has 0 atom stereocenters. The first kappa shape index (κ1) is 8.87. The molecule has 0 aromatic heterocycles. The summed E-state index contributed by atoms with van der Waals surface area (Å²) in [4.78, 5) is 0. The lowest BCUT2D eigenvalue weighted by atomic mass is 10.2. The van der Waals surface area contributed by atoms with E-state index in [1.165, 1.54) is 0 Å². The zero-order valence-corrected chi connectivity index (χ0v) is 7.29. The number of ether oxygens (including phenoxy) is 1. The zero-order valence-electron chi connectivity index (χ0n) is 7.29. The molecule has 2 N–H and O–H groups in total. The number of rotatable bonds is 3. The lowest BCUT2D eigenvalue weighted by Gasteiger charge is -2.06. The van der Waals surface area contributed by atoms with Crippen LogP contribution in [0, 0.1) is 0 Å². The van der Waals surface area contributed by atoms with Crippen LogP contribution in [0.15, 0.2) is 18.2 Å². The van der Waals surface area contributed by atoms with Crippen molar-refractivity contribution in [1.82, 2.24) is 0 Å². The molecule has 66 valence electrons. The predicted octanol–water partition coefficient (Wildman–Crippen LogP) is 1.23. The van der Waals surface area contributed by atoms with Crippen LogP contribution in [0.2, 0.25) is 0 Å². The second-order valence-electron chi connectivity index (χ2n) is 2.48. The minimum atomic E-state index is 0.0336. The Labute approximate surface area is 72.0 Å².